The van der Waals surface area contributed by atoms with Crippen molar-refractivity contribution in [3.8, 4) is 5.75 Å². The third-order valence-electron chi connectivity index (χ3n) is 3.93. The van der Waals surface area contributed by atoms with Gasteiger partial charge in [-0.2, -0.15) is 0 Å². The highest BCUT2D eigenvalue weighted by molar-refractivity contribution is 6.32. The van der Waals surface area contributed by atoms with Crippen LogP contribution in [-0.4, -0.2) is 32.7 Å². The number of hydrogen-bond donors (Lipinski definition) is 2. The molecule has 0 bridgehead atoms. The van der Waals surface area contributed by atoms with Gasteiger partial charge in [-0.25, -0.2) is 0 Å². The first-order valence-corrected chi connectivity index (χ1v) is 7.82. The number of nitrogens with one attached hydrogen (secondary N) is 2. The number of likely N-dealkylation sites (tertiary alicyclic amines) is 1. The fraction of sp³-hybridized carbons (Fsp3) is 0.562. The quantitative estimate of drug-likeness (QED) is 0.891. The van der Waals surface area contributed by atoms with Crippen LogP contribution in [0.2, 0.25) is 5.02 Å². The number of piperidine rings is 1. The molecule has 116 valence electrons. The molecule has 1 amide bonds. The number of methoxy groups -OCH3 is 1. The lowest BCUT2D eigenvalue weighted by atomic mass is 9.92. The van der Waals surface area contributed by atoms with Gasteiger partial charge in [0.2, 0.25) is 0 Å². The summed E-state index contributed by atoms with van der Waals surface area (Å²) in [6.45, 7) is 7.17. The van der Waals surface area contributed by atoms with E-state index in [-0.39, 0.29) is 5.91 Å². The van der Waals surface area contributed by atoms with E-state index in [2.05, 4.69) is 19.2 Å². The van der Waals surface area contributed by atoms with Gasteiger partial charge in [0, 0.05) is 17.5 Å². The maximum atomic E-state index is 12.2. The second kappa shape index (κ2) is 7.14. The third-order valence-corrected chi connectivity index (χ3v) is 4.22. The van der Waals surface area contributed by atoms with Crippen LogP contribution in [0.15, 0.2) is 18.2 Å². The fourth-order valence-electron chi connectivity index (χ4n) is 3.24. The van der Waals surface area contributed by atoms with Gasteiger partial charge in [-0.15, -0.1) is 0 Å². The molecule has 1 aromatic rings. The van der Waals surface area contributed by atoms with Crippen LogP contribution in [0, 0.1) is 11.8 Å². The van der Waals surface area contributed by atoms with Crippen LogP contribution in [0.1, 0.15) is 20.3 Å². The number of anilines is 1. The molecule has 2 rings (SSSR count). The van der Waals surface area contributed by atoms with E-state index in [0.29, 0.717) is 34.8 Å². The van der Waals surface area contributed by atoms with Crippen molar-refractivity contribution in [2.75, 3.05) is 32.1 Å². The molecular formula is C16H24ClN2O2+. The molecule has 0 spiro atoms. The number of hydrogen-bond acceptors (Lipinski definition) is 2. The summed E-state index contributed by atoms with van der Waals surface area (Å²) in [6, 6.07) is 5.28. The van der Waals surface area contributed by atoms with Crippen molar-refractivity contribution in [2.45, 2.75) is 20.3 Å². The molecule has 1 aliphatic rings. The molecule has 1 heterocycles. The zero-order chi connectivity index (χ0) is 15.4. The smallest absolute Gasteiger partial charge is 0.279 e. The Morgan fingerprint density at radius 3 is 2.62 bits per heavy atom. The molecule has 0 saturated carbocycles. The van der Waals surface area contributed by atoms with Crippen molar-refractivity contribution in [3.05, 3.63) is 23.2 Å². The van der Waals surface area contributed by atoms with Crippen LogP contribution in [0.5, 0.6) is 5.75 Å². The van der Waals surface area contributed by atoms with E-state index in [4.69, 9.17) is 16.3 Å². The van der Waals surface area contributed by atoms with Crippen LogP contribution in [-0.2, 0) is 4.79 Å². The summed E-state index contributed by atoms with van der Waals surface area (Å²) in [6.07, 6.45) is 1.26. The number of carbonyl (C=O) groups excluding carboxylic acids is 1. The zero-order valence-corrected chi connectivity index (χ0v) is 13.7. The Labute approximate surface area is 131 Å². The molecule has 0 aromatic heterocycles. The van der Waals surface area contributed by atoms with Crippen LogP contribution < -0.4 is 15.0 Å². The summed E-state index contributed by atoms with van der Waals surface area (Å²) in [7, 11) is 1.57. The van der Waals surface area contributed by atoms with E-state index in [0.717, 1.165) is 13.1 Å². The molecule has 5 heteroatoms. The average Bonchev–Trinajstić information content (AvgIpc) is 2.37. The molecule has 21 heavy (non-hydrogen) atoms. The number of quaternary nitrogens is 1. The first kappa shape index (κ1) is 16.1. The van der Waals surface area contributed by atoms with Crippen molar-refractivity contribution in [3.63, 3.8) is 0 Å². The first-order chi connectivity index (χ1) is 9.97. The summed E-state index contributed by atoms with van der Waals surface area (Å²) in [5.74, 6) is 2.02. The molecule has 1 fully saturated rings. The minimum atomic E-state index is 0.0348. The van der Waals surface area contributed by atoms with Crippen LogP contribution in [0.4, 0.5) is 5.69 Å². The normalized spacial score (nSPS) is 25.4. The summed E-state index contributed by atoms with van der Waals surface area (Å²) in [4.78, 5) is 13.5. The predicted octanol–water partition coefficient (Wildman–Crippen LogP) is 1.85. The van der Waals surface area contributed by atoms with Gasteiger partial charge >= 0.3 is 0 Å². The van der Waals surface area contributed by atoms with E-state index >= 15 is 0 Å². The van der Waals surface area contributed by atoms with E-state index in [1.165, 1.54) is 11.3 Å². The van der Waals surface area contributed by atoms with Gasteiger partial charge in [0.05, 0.1) is 25.2 Å². The highest BCUT2D eigenvalue weighted by Gasteiger charge is 2.26. The largest absolute Gasteiger partial charge is 0.495 e. The Kier molecular flexibility index (Phi) is 5.48. The fourth-order valence-corrected chi connectivity index (χ4v) is 3.50. The minimum absolute atomic E-state index is 0.0348. The SMILES string of the molecule is COc1ccc(NC(=O)C[NH+]2C[C@H](C)C[C@@H](C)C2)cc1Cl. The number of halogens is 1. The van der Waals surface area contributed by atoms with E-state index in [1.54, 1.807) is 25.3 Å². The molecular weight excluding hydrogens is 288 g/mol. The molecule has 2 atom stereocenters. The van der Waals surface area contributed by atoms with Crippen molar-refractivity contribution >= 4 is 23.2 Å². The van der Waals surface area contributed by atoms with Gasteiger partial charge in [-0.05, 0) is 24.6 Å². The van der Waals surface area contributed by atoms with Crippen molar-refractivity contribution < 1.29 is 14.4 Å². The standard InChI is InChI=1S/C16H23ClN2O2/c1-11-6-12(2)9-19(8-11)10-16(20)18-13-4-5-15(21-3)14(17)7-13/h4-5,7,11-12H,6,8-10H2,1-3H3,(H,18,20)/p+1/t11-,12-/m1/s1. The van der Waals surface area contributed by atoms with Gasteiger partial charge in [0.15, 0.2) is 6.54 Å². The Morgan fingerprint density at radius 2 is 2.05 bits per heavy atom. The van der Waals surface area contributed by atoms with Gasteiger partial charge in [0.25, 0.3) is 5.91 Å². The van der Waals surface area contributed by atoms with Crippen molar-refractivity contribution in [1.29, 1.82) is 0 Å². The van der Waals surface area contributed by atoms with Gasteiger partial charge in [-0.3, -0.25) is 4.79 Å². The third kappa shape index (κ3) is 4.61. The summed E-state index contributed by atoms with van der Waals surface area (Å²) < 4.78 is 5.10. The molecule has 1 aliphatic heterocycles. The van der Waals surface area contributed by atoms with E-state index in [9.17, 15) is 4.79 Å². The van der Waals surface area contributed by atoms with Gasteiger partial charge < -0.3 is 15.0 Å². The Hall–Kier alpha value is -1.26. The lowest BCUT2D eigenvalue weighted by Gasteiger charge is -2.31. The van der Waals surface area contributed by atoms with Crippen molar-refractivity contribution in [1.82, 2.24) is 0 Å². The van der Waals surface area contributed by atoms with Crippen LogP contribution in [0.3, 0.4) is 0 Å². The highest BCUT2D eigenvalue weighted by atomic mass is 35.5. The minimum Gasteiger partial charge on any atom is -0.495 e. The number of carbonyl (C=O) groups is 1. The van der Waals surface area contributed by atoms with E-state index in [1.807, 2.05) is 0 Å². The monoisotopic (exact) mass is 311 g/mol. The highest BCUT2D eigenvalue weighted by Crippen LogP contribution is 2.27. The second-order valence-electron chi connectivity index (χ2n) is 6.18. The predicted molar refractivity (Wildman–Crippen MR) is 85.1 cm³/mol. The zero-order valence-electron chi connectivity index (χ0n) is 12.9. The molecule has 0 aliphatic carbocycles. The van der Waals surface area contributed by atoms with Crippen molar-refractivity contribution in [2.24, 2.45) is 11.8 Å². The molecule has 1 aromatic carbocycles. The van der Waals surface area contributed by atoms with Crippen LogP contribution >= 0.6 is 11.6 Å². The second-order valence-corrected chi connectivity index (χ2v) is 6.59. The van der Waals surface area contributed by atoms with Gasteiger partial charge in [0.1, 0.15) is 5.75 Å². The molecule has 0 radical (unpaired) electrons. The number of amides is 1. The lowest BCUT2D eigenvalue weighted by molar-refractivity contribution is -0.904. The van der Waals surface area contributed by atoms with E-state index < -0.39 is 0 Å². The molecule has 4 nitrogen and oxygen atoms in total. The Balaban J connectivity index is 1.91. The lowest BCUT2D eigenvalue weighted by Crippen LogP contribution is -3.15. The summed E-state index contributed by atoms with van der Waals surface area (Å²) in [5, 5.41) is 3.41. The number of rotatable bonds is 4. The van der Waals surface area contributed by atoms with Gasteiger partial charge in [-0.1, -0.05) is 25.4 Å². The number of benzene rings is 1. The molecule has 1 saturated heterocycles. The summed E-state index contributed by atoms with van der Waals surface area (Å²) >= 11 is 6.06. The molecule has 2 N–H and O–H groups in total. The maximum absolute atomic E-state index is 12.2. The Morgan fingerprint density at radius 1 is 1.38 bits per heavy atom. The van der Waals surface area contributed by atoms with Crippen LogP contribution in [0.25, 0.3) is 0 Å². The average molecular weight is 312 g/mol. The molecule has 0 unspecified atom stereocenters. The Bertz CT molecular complexity index is 497. The number of ether oxygens (including phenoxy) is 1. The maximum Gasteiger partial charge on any atom is 0.279 e. The summed E-state index contributed by atoms with van der Waals surface area (Å²) in [5.41, 5.74) is 0.711. The first-order valence-electron chi connectivity index (χ1n) is 7.45. The topological polar surface area (TPSA) is 42.8 Å².